The molecular weight excluding hydrogens is 464 g/mol. The van der Waals surface area contributed by atoms with Crippen LogP contribution in [-0.4, -0.2) is 41.0 Å². The third-order valence-electron chi connectivity index (χ3n) is 6.65. The van der Waals surface area contributed by atoms with Gasteiger partial charge in [-0.15, -0.1) is 0 Å². The number of benzene rings is 2. The van der Waals surface area contributed by atoms with Crippen LogP contribution in [0.2, 0.25) is 0 Å². The Bertz CT molecular complexity index is 1150. The Morgan fingerprint density at radius 3 is 2.54 bits per heavy atom. The van der Waals surface area contributed by atoms with Crippen molar-refractivity contribution in [2.45, 2.75) is 79.0 Å². The second-order valence-corrected chi connectivity index (χ2v) is 11.3. The third kappa shape index (κ3) is 8.34. The number of hydrogen-bond acceptors (Lipinski definition) is 5. The van der Waals surface area contributed by atoms with Gasteiger partial charge in [0.15, 0.2) is 0 Å². The molecule has 0 saturated heterocycles. The smallest absolute Gasteiger partial charge is 0.310 e. The number of carbonyl (C=O) groups is 1. The molecule has 3 atom stereocenters. The van der Waals surface area contributed by atoms with E-state index in [9.17, 15) is 9.90 Å². The van der Waals surface area contributed by atoms with E-state index in [-0.39, 0.29) is 24.7 Å². The molecular formula is C31H44N2O4. The van der Waals surface area contributed by atoms with Gasteiger partial charge in [-0.25, -0.2) is 0 Å². The topological polar surface area (TPSA) is 86.7 Å². The highest BCUT2D eigenvalue weighted by Crippen LogP contribution is 2.31. The van der Waals surface area contributed by atoms with Gasteiger partial charge in [0.05, 0.1) is 5.92 Å². The van der Waals surface area contributed by atoms with Crippen molar-refractivity contribution in [2.75, 3.05) is 13.2 Å². The van der Waals surface area contributed by atoms with Crippen LogP contribution >= 0.6 is 0 Å². The summed E-state index contributed by atoms with van der Waals surface area (Å²) >= 11 is 0. The van der Waals surface area contributed by atoms with Crippen molar-refractivity contribution < 1.29 is 19.4 Å². The fourth-order valence-corrected chi connectivity index (χ4v) is 4.56. The maximum atomic E-state index is 12.4. The maximum absolute atomic E-state index is 12.4. The van der Waals surface area contributed by atoms with E-state index in [0.717, 1.165) is 24.2 Å². The molecule has 0 aliphatic heterocycles. The van der Waals surface area contributed by atoms with E-state index in [1.807, 2.05) is 18.2 Å². The fourth-order valence-electron chi connectivity index (χ4n) is 4.56. The summed E-state index contributed by atoms with van der Waals surface area (Å²) in [5, 5.41) is 11.6. The molecule has 0 saturated carbocycles. The van der Waals surface area contributed by atoms with Crippen LogP contribution in [0.25, 0.3) is 22.2 Å². The van der Waals surface area contributed by atoms with Crippen molar-refractivity contribution in [1.29, 1.82) is 0 Å². The van der Waals surface area contributed by atoms with Crippen molar-refractivity contribution in [1.82, 2.24) is 4.57 Å². The normalized spacial score (nSPS) is 14.4. The first-order valence-corrected chi connectivity index (χ1v) is 13.5. The predicted molar refractivity (Wildman–Crippen MR) is 151 cm³/mol. The number of para-hydroxylation sites is 1. The standard InChI is InChI=1S/C31H44N2O4/c1-6-7-10-16-33-28-15-9-8-12-24(28)18-29(33)23-13-11-14-26(17-23)36-20-25(34)21-37-30(35)22(2)27(32)19-31(3,4)5/h8-9,11-15,17-18,22,25,27,34H,6-7,10,16,19-21,32H2,1-5H3. The number of nitrogens with zero attached hydrogens (tertiary/aromatic N) is 1. The Morgan fingerprint density at radius 2 is 1.81 bits per heavy atom. The molecule has 0 aliphatic carbocycles. The summed E-state index contributed by atoms with van der Waals surface area (Å²) in [5.41, 5.74) is 9.66. The molecule has 202 valence electrons. The molecule has 6 heteroatoms. The van der Waals surface area contributed by atoms with Gasteiger partial charge >= 0.3 is 5.97 Å². The molecule has 0 spiro atoms. The number of aromatic nitrogens is 1. The van der Waals surface area contributed by atoms with E-state index in [1.165, 1.54) is 23.7 Å². The minimum atomic E-state index is -0.931. The van der Waals surface area contributed by atoms with Crippen molar-refractivity contribution >= 4 is 16.9 Å². The highest BCUT2D eigenvalue weighted by atomic mass is 16.5. The first-order valence-electron chi connectivity index (χ1n) is 13.5. The average molecular weight is 509 g/mol. The number of nitrogens with two attached hydrogens (primary N) is 1. The van der Waals surface area contributed by atoms with E-state index in [0.29, 0.717) is 12.2 Å². The van der Waals surface area contributed by atoms with Gasteiger partial charge in [-0.2, -0.15) is 0 Å². The lowest BCUT2D eigenvalue weighted by Gasteiger charge is -2.26. The van der Waals surface area contributed by atoms with Crippen molar-refractivity contribution in [3.05, 3.63) is 54.6 Å². The number of esters is 1. The van der Waals surface area contributed by atoms with Crippen molar-refractivity contribution in [3.8, 4) is 17.0 Å². The Balaban J connectivity index is 1.60. The Labute approximate surface area is 221 Å². The monoisotopic (exact) mass is 508 g/mol. The third-order valence-corrected chi connectivity index (χ3v) is 6.65. The molecule has 3 N–H and O–H groups in total. The van der Waals surface area contributed by atoms with Crippen molar-refractivity contribution in [2.24, 2.45) is 17.1 Å². The number of rotatable bonds is 13. The van der Waals surface area contributed by atoms with Crippen LogP contribution in [0.1, 0.15) is 60.3 Å². The molecule has 1 heterocycles. The molecule has 0 aliphatic rings. The molecule has 0 bridgehead atoms. The minimum absolute atomic E-state index is 0.0264. The predicted octanol–water partition coefficient (Wildman–Crippen LogP) is 6.18. The van der Waals surface area contributed by atoms with Gasteiger partial charge in [-0.1, -0.05) is 77.8 Å². The number of aliphatic hydroxyl groups excluding tert-OH is 1. The van der Waals surface area contributed by atoms with Crippen LogP contribution in [0.3, 0.4) is 0 Å². The Kier molecular flexibility index (Phi) is 10.2. The SMILES string of the molecule is CCCCCn1c(-c2cccc(OCC(O)COC(=O)C(C)C(N)CC(C)(C)C)c2)cc2ccccc21. The van der Waals surface area contributed by atoms with Crippen LogP contribution in [0.15, 0.2) is 54.6 Å². The lowest BCUT2D eigenvalue weighted by atomic mass is 9.84. The average Bonchev–Trinajstić information content (AvgIpc) is 3.23. The summed E-state index contributed by atoms with van der Waals surface area (Å²) in [7, 11) is 0. The van der Waals surface area contributed by atoms with E-state index in [2.05, 4.69) is 68.7 Å². The van der Waals surface area contributed by atoms with Gasteiger partial charge in [0.25, 0.3) is 0 Å². The molecule has 0 amide bonds. The zero-order valence-electron chi connectivity index (χ0n) is 23.1. The number of aliphatic hydroxyl groups is 1. The first-order chi connectivity index (χ1) is 17.6. The van der Waals surface area contributed by atoms with Crippen LogP contribution in [-0.2, 0) is 16.1 Å². The highest BCUT2D eigenvalue weighted by Gasteiger charge is 2.27. The fraction of sp³-hybridized carbons (Fsp3) is 0.516. The molecule has 0 radical (unpaired) electrons. The van der Waals surface area contributed by atoms with Crippen LogP contribution < -0.4 is 10.5 Å². The van der Waals surface area contributed by atoms with Gasteiger partial charge in [0, 0.05) is 34.7 Å². The summed E-state index contributed by atoms with van der Waals surface area (Å²) in [6, 6.07) is 18.3. The number of hydrogen-bond donors (Lipinski definition) is 2. The quantitative estimate of drug-likeness (QED) is 0.213. The molecule has 1 aromatic heterocycles. The van der Waals surface area contributed by atoms with Crippen molar-refractivity contribution in [3.63, 3.8) is 0 Å². The molecule has 6 nitrogen and oxygen atoms in total. The van der Waals surface area contributed by atoms with E-state index in [4.69, 9.17) is 15.2 Å². The summed E-state index contributed by atoms with van der Waals surface area (Å²) in [6.07, 6.45) is 3.28. The van der Waals surface area contributed by atoms with Crippen LogP contribution in [0, 0.1) is 11.3 Å². The molecule has 3 unspecified atom stereocenters. The minimum Gasteiger partial charge on any atom is -0.491 e. The lowest BCUT2D eigenvalue weighted by molar-refractivity contribution is -0.152. The van der Waals surface area contributed by atoms with Gasteiger partial charge in [-0.05, 0) is 42.5 Å². The zero-order chi connectivity index (χ0) is 27.0. The lowest BCUT2D eigenvalue weighted by Crippen LogP contribution is -2.38. The van der Waals surface area contributed by atoms with Crippen LogP contribution in [0.5, 0.6) is 5.75 Å². The Morgan fingerprint density at radius 1 is 1.05 bits per heavy atom. The number of aryl methyl sites for hydroxylation is 1. The Hall–Kier alpha value is -2.83. The van der Waals surface area contributed by atoms with Gasteiger partial charge < -0.3 is 24.9 Å². The molecule has 3 rings (SSSR count). The largest absolute Gasteiger partial charge is 0.491 e. The highest BCUT2D eigenvalue weighted by molar-refractivity contribution is 5.87. The molecule has 37 heavy (non-hydrogen) atoms. The van der Waals surface area contributed by atoms with Gasteiger partial charge in [-0.3, -0.25) is 4.79 Å². The molecule has 3 aromatic rings. The van der Waals surface area contributed by atoms with E-state index in [1.54, 1.807) is 6.92 Å². The summed E-state index contributed by atoms with van der Waals surface area (Å²) in [6.45, 7) is 11.1. The maximum Gasteiger partial charge on any atom is 0.310 e. The van der Waals surface area contributed by atoms with Gasteiger partial charge in [0.2, 0.25) is 0 Å². The summed E-state index contributed by atoms with van der Waals surface area (Å²) in [5.74, 6) is -0.171. The number of ether oxygens (including phenoxy) is 2. The molecule has 0 fully saturated rings. The second kappa shape index (κ2) is 13.1. The number of fused-ring (bicyclic) bond motifs is 1. The first kappa shape index (κ1) is 28.7. The summed E-state index contributed by atoms with van der Waals surface area (Å²) in [4.78, 5) is 12.4. The zero-order valence-corrected chi connectivity index (χ0v) is 23.1. The number of carbonyl (C=O) groups excluding carboxylic acids is 1. The van der Waals surface area contributed by atoms with E-state index >= 15 is 0 Å². The van der Waals surface area contributed by atoms with Gasteiger partial charge in [0.1, 0.15) is 25.1 Å². The summed E-state index contributed by atoms with van der Waals surface area (Å²) < 4.78 is 13.6. The van der Waals surface area contributed by atoms with Crippen LogP contribution in [0.4, 0.5) is 0 Å². The van der Waals surface area contributed by atoms with E-state index < -0.39 is 18.0 Å². The second-order valence-electron chi connectivity index (χ2n) is 11.3. The molecule has 2 aromatic carbocycles. The number of unbranched alkanes of at least 4 members (excludes halogenated alkanes) is 2.